The number of benzene rings is 2. The molecule has 0 spiro atoms. The zero-order chi connectivity index (χ0) is 23.4. The molecular formula is C23H24FN3O4S2. The Balaban J connectivity index is 1.49. The van der Waals surface area contributed by atoms with Crippen molar-refractivity contribution >= 4 is 33.0 Å². The van der Waals surface area contributed by atoms with E-state index in [1.807, 2.05) is 0 Å². The summed E-state index contributed by atoms with van der Waals surface area (Å²) >= 11 is 1.37. The molecule has 1 aromatic heterocycles. The first-order chi connectivity index (χ1) is 15.9. The van der Waals surface area contributed by atoms with Gasteiger partial charge in [-0.2, -0.15) is 4.31 Å². The van der Waals surface area contributed by atoms with Crippen LogP contribution >= 0.6 is 11.3 Å². The fourth-order valence-corrected chi connectivity index (χ4v) is 6.11. The van der Waals surface area contributed by atoms with Gasteiger partial charge in [-0.3, -0.25) is 4.79 Å². The predicted molar refractivity (Wildman–Crippen MR) is 125 cm³/mol. The van der Waals surface area contributed by atoms with Crippen LogP contribution < -0.4 is 10.1 Å². The molecule has 4 rings (SSSR count). The van der Waals surface area contributed by atoms with Crippen molar-refractivity contribution in [3.05, 3.63) is 59.4 Å². The Morgan fingerprint density at radius 3 is 2.61 bits per heavy atom. The highest BCUT2D eigenvalue weighted by Gasteiger charge is 2.30. The van der Waals surface area contributed by atoms with Crippen LogP contribution in [-0.2, 0) is 21.2 Å². The maximum atomic E-state index is 13.1. The maximum Gasteiger partial charge on any atom is 0.246 e. The number of nitrogens with zero attached hydrogens (tertiary/aromatic N) is 2. The largest absolute Gasteiger partial charge is 0.492 e. The van der Waals surface area contributed by atoms with Gasteiger partial charge in [0.15, 0.2) is 0 Å². The Hall–Kier alpha value is -2.82. The molecule has 0 saturated carbocycles. The van der Waals surface area contributed by atoms with Gasteiger partial charge in [-0.25, -0.2) is 17.8 Å². The molecule has 0 aliphatic carbocycles. The molecule has 2 aromatic carbocycles. The van der Waals surface area contributed by atoms with Gasteiger partial charge >= 0.3 is 0 Å². The number of nitrogens with one attached hydrogen (secondary N) is 1. The Morgan fingerprint density at radius 1 is 1.18 bits per heavy atom. The number of carbonyl (C=O) groups is 1. The Bertz CT molecular complexity index is 1240. The molecule has 33 heavy (non-hydrogen) atoms. The van der Waals surface area contributed by atoms with Crippen molar-refractivity contribution in [3.63, 3.8) is 0 Å². The van der Waals surface area contributed by atoms with Crippen LogP contribution in [0.2, 0.25) is 0 Å². The fraction of sp³-hybridized carbons (Fsp3) is 0.304. The van der Waals surface area contributed by atoms with Crippen LogP contribution in [0.3, 0.4) is 0 Å². The minimum Gasteiger partial charge on any atom is -0.492 e. The number of halogens is 1. The lowest BCUT2D eigenvalue weighted by Crippen LogP contribution is -2.28. The van der Waals surface area contributed by atoms with Gasteiger partial charge < -0.3 is 10.1 Å². The van der Waals surface area contributed by atoms with Crippen LogP contribution in [0.4, 0.5) is 10.1 Å². The lowest BCUT2D eigenvalue weighted by molar-refractivity contribution is -0.115. The van der Waals surface area contributed by atoms with E-state index in [-0.39, 0.29) is 28.8 Å². The van der Waals surface area contributed by atoms with Gasteiger partial charge in [0.25, 0.3) is 0 Å². The Morgan fingerprint density at radius 2 is 1.91 bits per heavy atom. The summed E-state index contributed by atoms with van der Waals surface area (Å²) < 4.78 is 46.4. The lowest BCUT2D eigenvalue weighted by atomic mass is 10.2. The van der Waals surface area contributed by atoms with E-state index in [4.69, 9.17) is 4.74 Å². The summed E-state index contributed by atoms with van der Waals surface area (Å²) in [6.45, 7) is 3.07. The second-order valence-electron chi connectivity index (χ2n) is 7.58. The molecule has 1 N–H and O–H groups in total. The number of amides is 1. The Kier molecular flexibility index (Phi) is 7.06. The van der Waals surface area contributed by atoms with Gasteiger partial charge in [0.1, 0.15) is 21.5 Å². The van der Waals surface area contributed by atoms with E-state index in [2.05, 4.69) is 10.3 Å². The van der Waals surface area contributed by atoms with Crippen LogP contribution in [-0.4, -0.2) is 43.3 Å². The zero-order valence-corrected chi connectivity index (χ0v) is 19.7. The Labute approximate surface area is 196 Å². The van der Waals surface area contributed by atoms with Crippen LogP contribution in [0.5, 0.6) is 5.75 Å². The molecule has 2 heterocycles. The monoisotopic (exact) mass is 489 g/mol. The molecule has 0 atom stereocenters. The third-order valence-corrected chi connectivity index (χ3v) is 8.05. The van der Waals surface area contributed by atoms with Crippen molar-refractivity contribution in [2.45, 2.75) is 31.1 Å². The summed E-state index contributed by atoms with van der Waals surface area (Å²) in [4.78, 5) is 17.1. The molecule has 0 radical (unpaired) electrons. The van der Waals surface area contributed by atoms with Crippen molar-refractivity contribution in [3.8, 4) is 16.3 Å². The predicted octanol–water partition coefficient (Wildman–Crippen LogP) is 4.31. The number of hydrogen-bond donors (Lipinski definition) is 1. The van der Waals surface area contributed by atoms with Gasteiger partial charge in [0, 0.05) is 29.7 Å². The molecule has 1 saturated heterocycles. The number of ether oxygens (including phenoxy) is 1. The first-order valence-electron chi connectivity index (χ1n) is 10.6. The number of aromatic nitrogens is 1. The first kappa shape index (κ1) is 23.3. The van der Waals surface area contributed by atoms with E-state index in [1.54, 1.807) is 36.6 Å². The SMILES string of the molecule is CCOc1ccc(NC(=O)Cc2csc(-c3ccc(F)cc3)n2)cc1S(=O)(=O)N1CCCC1. The summed E-state index contributed by atoms with van der Waals surface area (Å²) in [7, 11) is -3.72. The summed E-state index contributed by atoms with van der Waals surface area (Å²) in [6.07, 6.45) is 1.68. The molecule has 7 nitrogen and oxygen atoms in total. The van der Waals surface area contributed by atoms with Crippen molar-refractivity contribution < 1.29 is 22.3 Å². The standard InChI is InChI=1S/C23H24FN3O4S2/c1-2-31-20-10-9-18(13-21(20)33(29,30)27-11-3-4-12-27)25-22(28)14-19-15-32-23(26-19)16-5-7-17(24)8-6-16/h5-10,13,15H,2-4,11-12,14H2,1H3,(H,25,28). The summed E-state index contributed by atoms with van der Waals surface area (Å²) in [5.74, 6) is -0.373. The van der Waals surface area contributed by atoms with Crippen LogP contribution in [0.15, 0.2) is 52.7 Å². The third-order valence-electron chi connectivity index (χ3n) is 5.19. The van der Waals surface area contributed by atoms with Crippen molar-refractivity contribution in [2.24, 2.45) is 0 Å². The number of anilines is 1. The van der Waals surface area contributed by atoms with Gasteiger partial charge in [-0.1, -0.05) is 0 Å². The zero-order valence-electron chi connectivity index (χ0n) is 18.1. The molecule has 1 aliphatic heterocycles. The molecule has 0 bridgehead atoms. The first-order valence-corrected chi connectivity index (χ1v) is 13.0. The smallest absolute Gasteiger partial charge is 0.246 e. The minimum absolute atomic E-state index is 0.0269. The number of thiazole rings is 1. The molecule has 1 fully saturated rings. The summed E-state index contributed by atoms with van der Waals surface area (Å²) in [5.41, 5.74) is 1.72. The normalized spacial score (nSPS) is 14.4. The second-order valence-corrected chi connectivity index (χ2v) is 10.3. The number of carbonyl (C=O) groups excluding carboxylic acids is 1. The molecule has 1 aliphatic rings. The van der Waals surface area contributed by atoms with Crippen molar-refractivity contribution in [1.29, 1.82) is 0 Å². The van der Waals surface area contributed by atoms with Gasteiger partial charge in [-0.05, 0) is 62.2 Å². The van der Waals surface area contributed by atoms with E-state index in [9.17, 15) is 17.6 Å². The van der Waals surface area contributed by atoms with Crippen LogP contribution in [0.25, 0.3) is 10.6 Å². The average molecular weight is 490 g/mol. The number of hydrogen-bond acceptors (Lipinski definition) is 6. The maximum absolute atomic E-state index is 13.1. The highest BCUT2D eigenvalue weighted by Crippen LogP contribution is 2.32. The summed E-state index contributed by atoms with van der Waals surface area (Å²) in [5, 5.41) is 5.23. The van der Waals surface area contributed by atoms with Crippen molar-refractivity contribution in [2.75, 3.05) is 25.0 Å². The lowest BCUT2D eigenvalue weighted by Gasteiger charge is -2.19. The average Bonchev–Trinajstić information content (AvgIpc) is 3.48. The second kappa shape index (κ2) is 9.98. The van der Waals surface area contributed by atoms with E-state index >= 15 is 0 Å². The molecule has 0 unspecified atom stereocenters. The van der Waals surface area contributed by atoms with Crippen LogP contribution in [0, 0.1) is 5.82 Å². The van der Waals surface area contributed by atoms with Gasteiger partial charge in [0.05, 0.1) is 18.7 Å². The topological polar surface area (TPSA) is 88.6 Å². The molecule has 3 aromatic rings. The van der Waals surface area contributed by atoms with Crippen molar-refractivity contribution in [1.82, 2.24) is 9.29 Å². The number of sulfonamides is 1. The van der Waals surface area contributed by atoms with E-state index in [0.717, 1.165) is 18.4 Å². The van der Waals surface area contributed by atoms with Crippen LogP contribution in [0.1, 0.15) is 25.5 Å². The third kappa shape index (κ3) is 5.40. The van der Waals surface area contributed by atoms with Gasteiger partial charge in [-0.15, -0.1) is 11.3 Å². The molecule has 1 amide bonds. The van der Waals surface area contributed by atoms with Gasteiger partial charge in [0.2, 0.25) is 15.9 Å². The van der Waals surface area contributed by atoms with E-state index in [1.165, 1.54) is 33.8 Å². The molecule has 10 heteroatoms. The van der Waals surface area contributed by atoms with E-state index in [0.29, 0.717) is 36.1 Å². The number of rotatable bonds is 8. The summed E-state index contributed by atoms with van der Waals surface area (Å²) in [6, 6.07) is 10.6. The fourth-order valence-electron chi connectivity index (χ4n) is 3.61. The quantitative estimate of drug-likeness (QED) is 0.509. The molecule has 174 valence electrons. The highest BCUT2D eigenvalue weighted by molar-refractivity contribution is 7.89. The van der Waals surface area contributed by atoms with E-state index < -0.39 is 10.0 Å². The highest BCUT2D eigenvalue weighted by atomic mass is 32.2. The molecular weight excluding hydrogens is 465 g/mol. The minimum atomic E-state index is -3.72.